The summed E-state index contributed by atoms with van der Waals surface area (Å²) in [6, 6.07) is 0.455. The molecule has 1 atom stereocenters. The van der Waals surface area contributed by atoms with Crippen molar-refractivity contribution in [1.82, 2.24) is 4.90 Å². The summed E-state index contributed by atoms with van der Waals surface area (Å²) in [6.45, 7) is 5.78. The van der Waals surface area contributed by atoms with Crippen LogP contribution in [-0.4, -0.2) is 47.8 Å². The third-order valence-electron chi connectivity index (χ3n) is 2.09. The number of alkyl halides is 3. The molecule has 1 rings (SSSR count). The number of carbonyl (C=O) groups is 1. The van der Waals surface area contributed by atoms with Gasteiger partial charge in [-0.1, -0.05) is 6.92 Å². The smallest absolute Gasteiger partial charge is 0.475 e. The Labute approximate surface area is 92.2 Å². The van der Waals surface area contributed by atoms with E-state index in [4.69, 9.17) is 15.6 Å². The standard InChI is InChI=1S/C7H16N2.C2HF3O2/c1-2-4-9-5-3-7(8)6-9;3-2(4,5)1(6)7/h7H,2-6,8H2,1H3;(H,6,7). The first-order valence-corrected chi connectivity index (χ1v) is 5.05. The van der Waals surface area contributed by atoms with Gasteiger partial charge in [-0.3, -0.25) is 0 Å². The zero-order chi connectivity index (χ0) is 12.8. The Balaban J connectivity index is 0.000000293. The minimum absolute atomic E-state index is 0.455. The molecule has 1 fully saturated rings. The molecule has 16 heavy (non-hydrogen) atoms. The molecule has 0 saturated carbocycles. The Hall–Kier alpha value is -0.820. The van der Waals surface area contributed by atoms with Crippen LogP contribution in [0.4, 0.5) is 13.2 Å². The maximum atomic E-state index is 10.6. The molecule has 7 heteroatoms. The first-order chi connectivity index (χ1) is 7.27. The van der Waals surface area contributed by atoms with E-state index in [0.29, 0.717) is 6.04 Å². The van der Waals surface area contributed by atoms with Gasteiger partial charge in [0.05, 0.1) is 0 Å². The second kappa shape index (κ2) is 6.70. The first kappa shape index (κ1) is 15.2. The molecule has 1 heterocycles. The summed E-state index contributed by atoms with van der Waals surface area (Å²) < 4.78 is 31.7. The SMILES string of the molecule is CCCN1CCC(N)C1.O=C(O)C(F)(F)F. The molecule has 1 unspecified atom stereocenters. The molecular formula is C9H17F3N2O2. The number of aliphatic carboxylic acids is 1. The van der Waals surface area contributed by atoms with Crippen molar-refractivity contribution in [2.75, 3.05) is 19.6 Å². The zero-order valence-corrected chi connectivity index (χ0v) is 9.13. The molecular weight excluding hydrogens is 225 g/mol. The number of rotatable bonds is 2. The van der Waals surface area contributed by atoms with Crippen molar-refractivity contribution < 1.29 is 23.1 Å². The molecule has 96 valence electrons. The second-order valence-electron chi connectivity index (χ2n) is 3.65. The second-order valence-corrected chi connectivity index (χ2v) is 3.65. The number of nitrogens with zero attached hydrogens (tertiary/aromatic N) is 1. The Morgan fingerprint density at radius 3 is 2.31 bits per heavy atom. The van der Waals surface area contributed by atoms with E-state index in [-0.39, 0.29) is 0 Å². The molecule has 0 aromatic carbocycles. The van der Waals surface area contributed by atoms with Crippen LogP contribution in [0.15, 0.2) is 0 Å². The Bertz CT molecular complexity index is 219. The van der Waals surface area contributed by atoms with Crippen LogP contribution in [-0.2, 0) is 4.79 Å². The Morgan fingerprint density at radius 2 is 2.06 bits per heavy atom. The van der Waals surface area contributed by atoms with E-state index < -0.39 is 12.1 Å². The Kier molecular flexibility index (Phi) is 6.35. The number of nitrogens with two attached hydrogens (primary N) is 1. The highest BCUT2D eigenvalue weighted by Gasteiger charge is 2.38. The molecule has 0 aromatic rings. The number of likely N-dealkylation sites (tertiary alicyclic amines) is 1. The van der Waals surface area contributed by atoms with Crippen molar-refractivity contribution in [3.8, 4) is 0 Å². The maximum Gasteiger partial charge on any atom is 0.490 e. The van der Waals surface area contributed by atoms with Gasteiger partial charge in [0.2, 0.25) is 0 Å². The van der Waals surface area contributed by atoms with E-state index in [2.05, 4.69) is 11.8 Å². The molecule has 0 aromatic heterocycles. The van der Waals surface area contributed by atoms with Crippen LogP contribution in [0.1, 0.15) is 19.8 Å². The summed E-state index contributed by atoms with van der Waals surface area (Å²) in [5, 5.41) is 7.12. The molecule has 1 aliphatic heterocycles. The molecule has 4 nitrogen and oxygen atoms in total. The lowest BCUT2D eigenvalue weighted by Gasteiger charge is -2.12. The van der Waals surface area contributed by atoms with Gasteiger partial charge in [-0.15, -0.1) is 0 Å². The van der Waals surface area contributed by atoms with Crippen LogP contribution in [0.5, 0.6) is 0 Å². The van der Waals surface area contributed by atoms with Crippen LogP contribution in [0.25, 0.3) is 0 Å². The Morgan fingerprint density at radius 1 is 1.56 bits per heavy atom. The topological polar surface area (TPSA) is 66.6 Å². The zero-order valence-electron chi connectivity index (χ0n) is 9.13. The van der Waals surface area contributed by atoms with Crippen molar-refractivity contribution >= 4 is 5.97 Å². The fourth-order valence-corrected chi connectivity index (χ4v) is 1.38. The average molecular weight is 242 g/mol. The third kappa shape index (κ3) is 6.62. The van der Waals surface area contributed by atoms with Gasteiger partial charge in [-0.2, -0.15) is 13.2 Å². The first-order valence-electron chi connectivity index (χ1n) is 5.05. The van der Waals surface area contributed by atoms with E-state index >= 15 is 0 Å². The van der Waals surface area contributed by atoms with Gasteiger partial charge >= 0.3 is 12.1 Å². The van der Waals surface area contributed by atoms with Gasteiger partial charge in [-0.05, 0) is 25.9 Å². The fourth-order valence-electron chi connectivity index (χ4n) is 1.38. The summed E-state index contributed by atoms with van der Waals surface area (Å²) in [7, 11) is 0. The highest BCUT2D eigenvalue weighted by Crippen LogP contribution is 2.13. The van der Waals surface area contributed by atoms with Crippen molar-refractivity contribution in [2.24, 2.45) is 5.73 Å². The fraction of sp³-hybridized carbons (Fsp3) is 0.889. The highest BCUT2D eigenvalue weighted by molar-refractivity contribution is 5.73. The molecule has 0 radical (unpaired) electrons. The van der Waals surface area contributed by atoms with Gasteiger partial charge in [0.1, 0.15) is 0 Å². The van der Waals surface area contributed by atoms with Gasteiger partial charge < -0.3 is 15.7 Å². The summed E-state index contributed by atoms with van der Waals surface area (Å²) in [5.41, 5.74) is 5.71. The maximum absolute atomic E-state index is 10.6. The van der Waals surface area contributed by atoms with Crippen LogP contribution < -0.4 is 5.73 Å². The molecule has 0 amide bonds. The van der Waals surface area contributed by atoms with Crippen molar-refractivity contribution in [1.29, 1.82) is 0 Å². The van der Waals surface area contributed by atoms with E-state index in [1.807, 2.05) is 0 Å². The molecule has 0 spiro atoms. The summed E-state index contributed by atoms with van der Waals surface area (Å²) in [6.07, 6.45) is -2.63. The lowest BCUT2D eigenvalue weighted by atomic mass is 10.3. The summed E-state index contributed by atoms with van der Waals surface area (Å²) >= 11 is 0. The van der Waals surface area contributed by atoms with Crippen LogP contribution in [0.2, 0.25) is 0 Å². The van der Waals surface area contributed by atoms with E-state index in [9.17, 15) is 13.2 Å². The van der Waals surface area contributed by atoms with Crippen LogP contribution >= 0.6 is 0 Å². The predicted octanol–water partition coefficient (Wildman–Crippen LogP) is 1.06. The molecule has 0 bridgehead atoms. The van der Waals surface area contributed by atoms with E-state index in [1.54, 1.807) is 0 Å². The lowest BCUT2D eigenvalue weighted by molar-refractivity contribution is -0.192. The quantitative estimate of drug-likeness (QED) is 0.760. The van der Waals surface area contributed by atoms with Crippen molar-refractivity contribution in [3.05, 3.63) is 0 Å². The summed E-state index contributed by atoms with van der Waals surface area (Å²) in [4.78, 5) is 11.3. The molecule has 0 aliphatic carbocycles. The summed E-state index contributed by atoms with van der Waals surface area (Å²) in [5.74, 6) is -2.76. The van der Waals surface area contributed by atoms with Gasteiger partial charge in [-0.25, -0.2) is 4.79 Å². The molecule has 1 saturated heterocycles. The molecule has 1 aliphatic rings. The number of hydrogen-bond acceptors (Lipinski definition) is 3. The third-order valence-corrected chi connectivity index (χ3v) is 2.09. The lowest BCUT2D eigenvalue weighted by Crippen LogP contribution is -2.26. The normalized spacial score (nSPS) is 21.4. The number of halogens is 3. The van der Waals surface area contributed by atoms with Gasteiger partial charge in [0.25, 0.3) is 0 Å². The number of carboxylic acid groups (broad SMARTS) is 1. The molecule has 3 N–H and O–H groups in total. The van der Waals surface area contributed by atoms with Crippen LogP contribution in [0.3, 0.4) is 0 Å². The largest absolute Gasteiger partial charge is 0.490 e. The number of carboxylic acids is 1. The van der Waals surface area contributed by atoms with Gasteiger partial charge in [0.15, 0.2) is 0 Å². The highest BCUT2D eigenvalue weighted by atomic mass is 19.4. The monoisotopic (exact) mass is 242 g/mol. The van der Waals surface area contributed by atoms with E-state index in [0.717, 1.165) is 6.54 Å². The minimum atomic E-state index is -5.08. The van der Waals surface area contributed by atoms with Gasteiger partial charge in [0, 0.05) is 12.6 Å². The average Bonchev–Trinajstić information content (AvgIpc) is 2.51. The predicted molar refractivity (Wildman–Crippen MR) is 53.0 cm³/mol. The van der Waals surface area contributed by atoms with Crippen molar-refractivity contribution in [2.45, 2.75) is 32.0 Å². The van der Waals surface area contributed by atoms with Crippen LogP contribution in [0, 0.1) is 0 Å². The van der Waals surface area contributed by atoms with E-state index in [1.165, 1.54) is 25.9 Å². The number of hydrogen-bond donors (Lipinski definition) is 2. The minimum Gasteiger partial charge on any atom is -0.475 e. The van der Waals surface area contributed by atoms with Crippen molar-refractivity contribution in [3.63, 3.8) is 0 Å².